The van der Waals surface area contributed by atoms with Crippen LogP contribution in [0.15, 0.2) is 18.3 Å². The lowest BCUT2D eigenvalue weighted by Gasteiger charge is -2.09. The number of fused-ring (bicyclic) bond motifs is 1. The van der Waals surface area contributed by atoms with Crippen molar-refractivity contribution in [3.63, 3.8) is 0 Å². The highest BCUT2D eigenvalue weighted by atomic mass is 16.3. The molecule has 2 aromatic heterocycles. The molecule has 0 aromatic carbocycles. The van der Waals surface area contributed by atoms with E-state index in [0.29, 0.717) is 5.92 Å². The van der Waals surface area contributed by atoms with Gasteiger partial charge in [0, 0.05) is 18.7 Å². The molecule has 0 radical (unpaired) electrons. The zero-order chi connectivity index (χ0) is 11.7. The summed E-state index contributed by atoms with van der Waals surface area (Å²) in [5.74, 6) is 1.18. The van der Waals surface area contributed by atoms with E-state index in [9.17, 15) is 5.11 Å². The molecule has 0 aliphatic heterocycles. The summed E-state index contributed by atoms with van der Waals surface area (Å²) in [6.45, 7) is 4.33. The van der Waals surface area contributed by atoms with Crippen LogP contribution in [0.3, 0.4) is 0 Å². The summed E-state index contributed by atoms with van der Waals surface area (Å²) < 4.78 is 1.90. The van der Waals surface area contributed by atoms with Crippen molar-refractivity contribution in [3.8, 4) is 0 Å². The highest BCUT2D eigenvalue weighted by Crippen LogP contribution is 2.17. The predicted molar refractivity (Wildman–Crippen MR) is 61.1 cm³/mol. The fourth-order valence-electron chi connectivity index (χ4n) is 1.65. The predicted octanol–water partition coefficient (Wildman–Crippen LogP) is 0.845. The molecular weight excluding hydrogens is 204 g/mol. The van der Waals surface area contributed by atoms with E-state index in [4.69, 9.17) is 5.73 Å². The van der Waals surface area contributed by atoms with Crippen LogP contribution in [-0.2, 0) is 0 Å². The first kappa shape index (κ1) is 11.0. The van der Waals surface area contributed by atoms with Gasteiger partial charge in [0.25, 0.3) is 0 Å². The Labute approximate surface area is 93.9 Å². The lowest BCUT2D eigenvalue weighted by atomic mass is 10.1. The molecular formula is C11H16N4O. The van der Waals surface area contributed by atoms with E-state index in [-0.39, 0.29) is 6.54 Å². The van der Waals surface area contributed by atoms with Crippen LogP contribution in [0.4, 0.5) is 0 Å². The van der Waals surface area contributed by atoms with Crippen molar-refractivity contribution in [2.24, 2.45) is 5.73 Å². The first-order chi connectivity index (χ1) is 7.63. The minimum atomic E-state index is -0.633. The fourth-order valence-corrected chi connectivity index (χ4v) is 1.65. The quantitative estimate of drug-likeness (QED) is 0.803. The molecule has 0 aliphatic carbocycles. The molecule has 86 valence electrons. The summed E-state index contributed by atoms with van der Waals surface area (Å²) in [5, 5.41) is 17.9. The van der Waals surface area contributed by atoms with Gasteiger partial charge in [0.1, 0.15) is 5.82 Å². The van der Waals surface area contributed by atoms with Gasteiger partial charge < -0.3 is 10.8 Å². The number of nitrogens with zero attached hydrogens (tertiary/aromatic N) is 3. The van der Waals surface area contributed by atoms with E-state index < -0.39 is 6.10 Å². The number of aliphatic hydroxyl groups is 1. The zero-order valence-corrected chi connectivity index (χ0v) is 9.46. The Morgan fingerprint density at radius 3 is 2.75 bits per heavy atom. The Morgan fingerprint density at radius 1 is 1.38 bits per heavy atom. The first-order valence-corrected chi connectivity index (χ1v) is 5.36. The molecule has 0 fully saturated rings. The standard InChI is InChI=1S/C11H16N4O/c1-7(2)11-14-13-10-4-3-8(6-15(10)11)9(16)5-12/h3-4,6-7,9,16H,5,12H2,1-2H3. The van der Waals surface area contributed by atoms with Crippen LogP contribution < -0.4 is 5.73 Å². The van der Waals surface area contributed by atoms with Gasteiger partial charge in [-0.25, -0.2) is 0 Å². The van der Waals surface area contributed by atoms with Crippen molar-refractivity contribution in [2.45, 2.75) is 25.9 Å². The minimum Gasteiger partial charge on any atom is -0.387 e. The third kappa shape index (κ3) is 1.79. The maximum absolute atomic E-state index is 9.68. The van der Waals surface area contributed by atoms with E-state index in [2.05, 4.69) is 24.0 Å². The van der Waals surface area contributed by atoms with Gasteiger partial charge in [-0.05, 0) is 11.6 Å². The van der Waals surface area contributed by atoms with Gasteiger partial charge in [-0.2, -0.15) is 0 Å². The van der Waals surface area contributed by atoms with Gasteiger partial charge in [0.15, 0.2) is 5.65 Å². The molecule has 0 saturated carbocycles. The summed E-state index contributed by atoms with van der Waals surface area (Å²) in [6, 6.07) is 3.67. The first-order valence-electron chi connectivity index (χ1n) is 5.36. The molecule has 3 N–H and O–H groups in total. The Bertz CT molecular complexity index is 492. The second kappa shape index (κ2) is 4.19. The van der Waals surface area contributed by atoms with Crippen molar-refractivity contribution in [3.05, 3.63) is 29.7 Å². The average molecular weight is 220 g/mol. The average Bonchev–Trinajstić information content (AvgIpc) is 2.70. The summed E-state index contributed by atoms with van der Waals surface area (Å²) in [7, 11) is 0. The van der Waals surface area contributed by atoms with E-state index in [1.165, 1.54) is 0 Å². The van der Waals surface area contributed by atoms with Crippen LogP contribution in [0, 0.1) is 0 Å². The molecule has 16 heavy (non-hydrogen) atoms. The van der Waals surface area contributed by atoms with Gasteiger partial charge >= 0.3 is 0 Å². The SMILES string of the molecule is CC(C)c1nnc2ccc(C(O)CN)cn12. The van der Waals surface area contributed by atoms with Crippen molar-refractivity contribution >= 4 is 5.65 Å². The van der Waals surface area contributed by atoms with E-state index in [0.717, 1.165) is 17.0 Å². The number of aromatic nitrogens is 3. The Morgan fingerprint density at radius 2 is 2.12 bits per heavy atom. The van der Waals surface area contributed by atoms with Crippen molar-refractivity contribution < 1.29 is 5.11 Å². The molecule has 0 aliphatic rings. The number of hydrogen-bond donors (Lipinski definition) is 2. The topological polar surface area (TPSA) is 76.4 Å². The molecule has 2 aromatic rings. The van der Waals surface area contributed by atoms with E-state index in [1.54, 1.807) is 0 Å². The highest BCUT2D eigenvalue weighted by molar-refractivity contribution is 5.40. The summed E-state index contributed by atoms with van der Waals surface area (Å²) >= 11 is 0. The van der Waals surface area contributed by atoms with E-state index >= 15 is 0 Å². The Hall–Kier alpha value is -1.46. The zero-order valence-electron chi connectivity index (χ0n) is 9.46. The van der Waals surface area contributed by atoms with Gasteiger partial charge in [-0.3, -0.25) is 4.40 Å². The summed E-state index contributed by atoms with van der Waals surface area (Å²) in [4.78, 5) is 0. The van der Waals surface area contributed by atoms with Gasteiger partial charge in [-0.1, -0.05) is 19.9 Å². The summed E-state index contributed by atoms with van der Waals surface area (Å²) in [6.07, 6.45) is 1.22. The highest BCUT2D eigenvalue weighted by Gasteiger charge is 2.11. The monoisotopic (exact) mass is 220 g/mol. The smallest absolute Gasteiger partial charge is 0.160 e. The number of nitrogens with two attached hydrogens (primary N) is 1. The largest absolute Gasteiger partial charge is 0.387 e. The third-order valence-electron chi connectivity index (χ3n) is 2.58. The van der Waals surface area contributed by atoms with Crippen LogP contribution >= 0.6 is 0 Å². The van der Waals surface area contributed by atoms with Crippen LogP contribution in [0.5, 0.6) is 0 Å². The second-order valence-electron chi connectivity index (χ2n) is 4.16. The maximum Gasteiger partial charge on any atom is 0.160 e. The normalized spacial score (nSPS) is 13.6. The molecule has 2 rings (SSSR count). The van der Waals surface area contributed by atoms with Crippen molar-refractivity contribution in [1.82, 2.24) is 14.6 Å². The van der Waals surface area contributed by atoms with Crippen LogP contribution in [0.25, 0.3) is 5.65 Å². The van der Waals surface area contributed by atoms with Crippen LogP contribution in [0.2, 0.25) is 0 Å². The molecule has 5 heteroatoms. The maximum atomic E-state index is 9.68. The number of pyridine rings is 1. The van der Waals surface area contributed by atoms with Crippen molar-refractivity contribution in [2.75, 3.05) is 6.54 Å². The lowest BCUT2D eigenvalue weighted by Crippen LogP contribution is -2.12. The minimum absolute atomic E-state index is 0.213. The van der Waals surface area contributed by atoms with Crippen LogP contribution in [0.1, 0.15) is 37.3 Å². The number of hydrogen-bond acceptors (Lipinski definition) is 4. The van der Waals surface area contributed by atoms with Gasteiger partial charge in [0.2, 0.25) is 0 Å². The number of rotatable bonds is 3. The van der Waals surface area contributed by atoms with E-state index in [1.807, 2.05) is 22.7 Å². The van der Waals surface area contributed by atoms with Crippen LogP contribution in [-0.4, -0.2) is 26.2 Å². The molecule has 0 amide bonds. The molecule has 0 bridgehead atoms. The molecule has 2 heterocycles. The number of aliphatic hydroxyl groups excluding tert-OH is 1. The Balaban J connectivity index is 2.54. The van der Waals surface area contributed by atoms with Gasteiger partial charge in [0.05, 0.1) is 6.10 Å². The molecule has 1 unspecified atom stereocenters. The fraction of sp³-hybridized carbons (Fsp3) is 0.455. The molecule has 1 atom stereocenters. The van der Waals surface area contributed by atoms with Gasteiger partial charge in [-0.15, -0.1) is 10.2 Å². The molecule has 5 nitrogen and oxygen atoms in total. The third-order valence-corrected chi connectivity index (χ3v) is 2.58. The molecule has 0 spiro atoms. The second-order valence-corrected chi connectivity index (χ2v) is 4.16. The summed E-state index contributed by atoms with van der Waals surface area (Å²) in [5.41, 5.74) is 7.01. The Kier molecular flexibility index (Phi) is 2.89. The van der Waals surface area contributed by atoms with Crippen molar-refractivity contribution in [1.29, 1.82) is 0 Å². The lowest BCUT2D eigenvalue weighted by molar-refractivity contribution is 0.186. The molecule has 0 saturated heterocycles.